The van der Waals surface area contributed by atoms with E-state index >= 15 is 0 Å². The maximum absolute atomic E-state index is 12.5. The number of morpholine rings is 1. The lowest BCUT2D eigenvalue weighted by Gasteiger charge is -2.29. The molecule has 5 nitrogen and oxygen atoms in total. The predicted octanol–water partition coefficient (Wildman–Crippen LogP) is 3.63. The van der Waals surface area contributed by atoms with Crippen molar-refractivity contribution in [3.63, 3.8) is 0 Å². The number of nitrogens with one attached hydrogen (secondary N) is 1. The first-order valence-corrected chi connectivity index (χ1v) is 9.60. The minimum Gasteiger partial charge on any atom is -0.378 e. The van der Waals surface area contributed by atoms with Gasteiger partial charge < -0.3 is 9.64 Å². The Morgan fingerprint density at radius 1 is 1.00 bits per heavy atom. The first kappa shape index (κ1) is 17.4. The molecule has 1 aliphatic rings. The molecule has 1 aliphatic heterocycles. The van der Waals surface area contributed by atoms with Crippen molar-refractivity contribution in [2.24, 2.45) is 0 Å². The third-order valence-electron chi connectivity index (χ3n) is 3.69. The largest absolute Gasteiger partial charge is 0.378 e. The molecule has 3 rings (SSSR count). The lowest BCUT2D eigenvalue weighted by Crippen LogP contribution is -2.36. The molecule has 1 N–H and O–H groups in total. The minimum absolute atomic E-state index is 0.125. The number of rotatable bonds is 4. The summed E-state index contributed by atoms with van der Waals surface area (Å²) in [5.41, 5.74) is 1.24. The Kier molecular flexibility index (Phi) is 5.20. The number of hydrogen-bond acceptors (Lipinski definition) is 4. The highest BCUT2D eigenvalue weighted by Gasteiger charge is 2.18. The van der Waals surface area contributed by atoms with Gasteiger partial charge in [-0.3, -0.25) is 4.72 Å². The zero-order valence-electron chi connectivity index (χ0n) is 12.7. The van der Waals surface area contributed by atoms with Gasteiger partial charge in [0.05, 0.1) is 28.8 Å². The third-order valence-corrected chi connectivity index (χ3v) is 5.66. The van der Waals surface area contributed by atoms with E-state index in [-0.39, 0.29) is 4.90 Å². The van der Waals surface area contributed by atoms with Crippen LogP contribution in [-0.2, 0) is 14.8 Å². The Balaban J connectivity index is 1.87. The van der Waals surface area contributed by atoms with Crippen LogP contribution < -0.4 is 9.62 Å². The third kappa shape index (κ3) is 3.95. The van der Waals surface area contributed by atoms with Gasteiger partial charge in [-0.2, -0.15) is 0 Å². The highest BCUT2D eigenvalue weighted by atomic mass is 35.5. The maximum Gasteiger partial charge on any atom is 0.261 e. The second-order valence-corrected chi connectivity index (χ2v) is 7.85. The van der Waals surface area contributed by atoms with E-state index < -0.39 is 10.0 Å². The van der Waals surface area contributed by atoms with Crippen LogP contribution in [0.5, 0.6) is 0 Å². The van der Waals surface area contributed by atoms with Gasteiger partial charge in [0.1, 0.15) is 0 Å². The van der Waals surface area contributed by atoms with Crippen molar-refractivity contribution in [2.75, 3.05) is 35.9 Å². The van der Waals surface area contributed by atoms with Crippen LogP contribution in [0.2, 0.25) is 10.0 Å². The number of halogens is 2. The number of sulfonamides is 1. The van der Waals surface area contributed by atoms with Crippen LogP contribution in [0.4, 0.5) is 11.4 Å². The first-order chi connectivity index (χ1) is 11.5. The number of nitrogens with zero attached hydrogens (tertiary/aromatic N) is 1. The Morgan fingerprint density at radius 3 is 2.33 bits per heavy atom. The Hall–Kier alpha value is -1.47. The molecule has 0 radical (unpaired) electrons. The normalized spacial score (nSPS) is 15.3. The molecule has 2 aromatic carbocycles. The van der Waals surface area contributed by atoms with Crippen LogP contribution in [0, 0.1) is 0 Å². The monoisotopic (exact) mass is 386 g/mol. The number of ether oxygens (including phenoxy) is 1. The molecule has 0 unspecified atom stereocenters. The predicted molar refractivity (Wildman–Crippen MR) is 96.7 cm³/mol. The zero-order valence-corrected chi connectivity index (χ0v) is 15.0. The molecule has 0 bridgehead atoms. The molecule has 24 heavy (non-hydrogen) atoms. The molecule has 0 aromatic heterocycles. The van der Waals surface area contributed by atoms with Gasteiger partial charge in [0, 0.05) is 23.8 Å². The van der Waals surface area contributed by atoms with Crippen LogP contribution >= 0.6 is 23.2 Å². The molecule has 0 aliphatic carbocycles. The molecular weight excluding hydrogens is 371 g/mol. The van der Waals surface area contributed by atoms with Gasteiger partial charge >= 0.3 is 0 Å². The van der Waals surface area contributed by atoms with Crippen molar-refractivity contribution in [1.29, 1.82) is 0 Å². The highest BCUT2D eigenvalue weighted by molar-refractivity contribution is 7.92. The number of anilines is 2. The smallest absolute Gasteiger partial charge is 0.261 e. The van der Waals surface area contributed by atoms with Gasteiger partial charge in [-0.05, 0) is 42.5 Å². The summed E-state index contributed by atoms with van der Waals surface area (Å²) < 4.78 is 32.9. The summed E-state index contributed by atoms with van der Waals surface area (Å²) in [5, 5.41) is 0.811. The van der Waals surface area contributed by atoms with E-state index in [0.717, 1.165) is 18.8 Å². The SMILES string of the molecule is O=S(=O)(Nc1cc(N2CCOCC2)ccc1Cl)c1ccc(Cl)cc1. The first-order valence-electron chi connectivity index (χ1n) is 7.36. The van der Waals surface area contributed by atoms with E-state index in [1.807, 2.05) is 6.07 Å². The Morgan fingerprint density at radius 2 is 1.67 bits per heavy atom. The quantitative estimate of drug-likeness (QED) is 0.871. The fourth-order valence-electron chi connectivity index (χ4n) is 2.43. The van der Waals surface area contributed by atoms with Crippen molar-refractivity contribution < 1.29 is 13.2 Å². The fourth-order valence-corrected chi connectivity index (χ4v) is 3.84. The summed E-state index contributed by atoms with van der Waals surface area (Å²) in [7, 11) is -3.74. The average Bonchev–Trinajstić information content (AvgIpc) is 2.58. The van der Waals surface area contributed by atoms with Crippen molar-refractivity contribution in [1.82, 2.24) is 0 Å². The van der Waals surface area contributed by atoms with Crippen molar-refractivity contribution in [3.8, 4) is 0 Å². The van der Waals surface area contributed by atoms with Crippen molar-refractivity contribution in [2.45, 2.75) is 4.90 Å². The lowest BCUT2D eigenvalue weighted by molar-refractivity contribution is 0.122. The molecule has 0 atom stereocenters. The van der Waals surface area contributed by atoms with Crippen molar-refractivity contribution >= 4 is 44.6 Å². The molecule has 0 saturated carbocycles. The van der Waals surface area contributed by atoms with E-state index in [0.29, 0.717) is 28.9 Å². The summed E-state index contributed by atoms with van der Waals surface area (Å²) in [4.78, 5) is 2.25. The summed E-state index contributed by atoms with van der Waals surface area (Å²) in [6.07, 6.45) is 0. The van der Waals surface area contributed by atoms with Gasteiger partial charge in [-0.15, -0.1) is 0 Å². The topological polar surface area (TPSA) is 58.6 Å². The summed E-state index contributed by atoms with van der Waals surface area (Å²) in [6, 6.07) is 11.2. The molecule has 1 heterocycles. The lowest BCUT2D eigenvalue weighted by atomic mass is 10.2. The average molecular weight is 387 g/mol. The summed E-state index contributed by atoms with van der Waals surface area (Å²) >= 11 is 12.0. The van der Waals surface area contributed by atoms with Gasteiger partial charge in [0.25, 0.3) is 10.0 Å². The standard InChI is InChI=1S/C16H16Cl2N2O3S/c17-12-1-4-14(5-2-12)24(21,22)19-16-11-13(3-6-15(16)18)20-7-9-23-10-8-20/h1-6,11,19H,7-10H2. The second-order valence-electron chi connectivity index (χ2n) is 5.32. The van der Waals surface area contributed by atoms with Gasteiger partial charge in [-0.1, -0.05) is 23.2 Å². The highest BCUT2D eigenvalue weighted by Crippen LogP contribution is 2.30. The fraction of sp³-hybridized carbons (Fsp3) is 0.250. The van der Waals surface area contributed by atoms with Crippen LogP contribution in [0.15, 0.2) is 47.4 Å². The Bertz CT molecular complexity index is 820. The van der Waals surface area contributed by atoms with E-state index in [1.54, 1.807) is 12.1 Å². The van der Waals surface area contributed by atoms with E-state index in [4.69, 9.17) is 27.9 Å². The van der Waals surface area contributed by atoms with Gasteiger partial charge in [0.15, 0.2) is 0 Å². The summed E-state index contributed by atoms with van der Waals surface area (Å²) in [6.45, 7) is 2.80. The molecule has 1 fully saturated rings. The second kappa shape index (κ2) is 7.19. The molecule has 0 spiro atoms. The molecule has 128 valence electrons. The van der Waals surface area contributed by atoms with Gasteiger partial charge in [0.2, 0.25) is 0 Å². The van der Waals surface area contributed by atoms with Crippen LogP contribution in [0.3, 0.4) is 0 Å². The molecular formula is C16H16Cl2N2O3S. The van der Waals surface area contributed by atoms with E-state index in [9.17, 15) is 8.42 Å². The summed E-state index contributed by atoms with van der Waals surface area (Å²) in [5.74, 6) is 0. The van der Waals surface area contributed by atoms with Gasteiger partial charge in [-0.25, -0.2) is 8.42 Å². The Labute approximate surface area is 151 Å². The molecule has 0 amide bonds. The van der Waals surface area contributed by atoms with E-state index in [1.165, 1.54) is 24.3 Å². The maximum atomic E-state index is 12.5. The molecule has 2 aromatic rings. The van der Waals surface area contributed by atoms with Crippen LogP contribution in [0.1, 0.15) is 0 Å². The van der Waals surface area contributed by atoms with Crippen molar-refractivity contribution in [3.05, 3.63) is 52.5 Å². The van der Waals surface area contributed by atoms with E-state index in [2.05, 4.69) is 9.62 Å². The molecule has 8 heteroatoms. The zero-order chi connectivity index (χ0) is 17.2. The number of hydrogen-bond donors (Lipinski definition) is 1. The molecule has 1 saturated heterocycles. The van der Waals surface area contributed by atoms with Crippen LogP contribution in [-0.4, -0.2) is 34.7 Å². The van der Waals surface area contributed by atoms with Crippen LogP contribution in [0.25, 0.3) is 0 Å². The minimum atomic E-state index is -3.74. The number of benzene rings is 2.